The highest BCUT2D eigenvalue weighted by molar-refractivity contribution is 7.86. The van der Waals surface area contributed by atoms with Gasteiger partial charge in [0, 0.05) is 6.61 Å². The zero-order valence-electron chi connectivity index (χ0n) is 8.31. The molecule has 0 spiro atoms. The lowest BCUT2D eigenvalue weighted by molar-refractivity contribution is 0.0979. The largest absolute Gasteiger partial charge is 0.360 e. The third-order valence-corrected chi connectivity index (χ3v) is 3.65. The summed E-state index contributed by atoms with van der Waals surface area (Å²) in [5.41, 5.74) is -1.41. The van der Waals surface area contributed by atoms with Gasteiger partial charge < -0.3 is 4.74 Å². The number of ether oxygens (including phenoxy) is 1. The van der Waals surface area contributed by atoms with Gasteiger partial charge in [-0.15, -0.1) is 0 Å². The Morgan fingerprint density at radius 2 is 1.75 bits per heavy atom. The van der Waals surface area contributed by atoms with E-state index in [1.807, 2.05) is 0 Å². The molecule has 0 aliphatic rings. The summed E-state index contributed by atoms with van der Waals surface area (Å²) in [5, 5.41) is 0. The van der Waals surface area contributed by atoms with Crippen molar-refractivity contribution in [3.05, 3.63) is 0 Å². The zero-order chi connectivity index (χ0) is 12.8. The van der Waals surface area contributed by atoms with Gasteiger partial charge >= 0.3 is 0 Å². The normalized spacial score (nSPS) is 14.9. The molecule has 0 saturated carbocycles. The molecule has 0 fully saturated rings. The summed E-state index contributed by atoms with van der Waals surface area (Å²) in [5.74, 6) is -0.325. The predicted molar refractivity (Wildman–Crippen MR) is 60.8 cm³/mol. The van der Waals surface area contributed by atoms with Crippen LogP contribution in [0, 0.1) is 0 Å². The fraction of sp³-hybridized carbons (Fsp3) is 1.00. The molecule has 2 N–H and O–H groups in total. The molecular weight excluding hydrogens is 280 g/mol. The molecular formula is C6H14O7S3. The van der Waals surface area contributed by atoms with Gasteiger partial charge in [0.05, 0.1) is 5.75 Å². The lowest BCUT2D eigenvalue weighted by Crippen LogP contribution is -2.25. The van der Waals surface area contributed by atoms with E-state index < -0.39 is 31.4 Å². The molecule has 10 heteroatoms. The van der Waals surface area contributed by atoms with Gasteiger partial charge in [0.1, 0.15) is 0 Å². The molecule has 1 atom stereocenters. The van der Waals surface area contributed by atoms with Crippen molar-refractivity contribution in [2.45, 2.75) is 18.3 Å². The van der Waals surface area contributed by atoms with Crippen LogP contribution in [0.15, 0.2) is 0 Å². The van der Waals surface area contributed by atoms with Crippen molar-refractivity contribution < 1.29 is 30.7 Å². The molecule has 7 nitrogen and oxygen atoms in total. The first-order valence-electron chi connectivity index (χ1n) is 4.31. The van der Waals surface area contributed by atoms with Gasteiger partial charge in [-0.1, -0.05) is 0 Å². The highest BCUT2D eigenvalue weighted by Gasteiger charge is 2.22. The van der Waals surface area contributed by atoms with E-state index in [9.17, 15) is 16.8 Å². The first kappa shape index (κ1) is 16.1. The maximum absolute atomic E-state index is 10.7. The van der Waals surface area contributed by atoms with Crippen molar-refractivity contribution >= 4 is 32.9 Å². The van der Waals surface area contributed by atoms with E-state index >= 15 is 0 Å². The Balaban J connectivity index is 4.06. The molecule has 0 aromatic carbocycles. The average Bonchev–Trinajstić information content (AvgIpc) is 2.06. The Kier molecular flexibility index (Phi) is 6.82. The molecule has 0 aliphatic carbocycles. The van der Waals surface area contributed by atoms with Crippen molar-refractivity contribution in [1.29, 1.82) is 0 Å². The Bertz CT molecular complexity index is 384. The minimum Gasteiger partial charge on any atom is -0.360 e. The van der Waals surface area contributed by atoms with Gasteiger partial charge in [0.15, 0.2) is 5.44 Å². The van der Waals surface area contributed by atoms with Crippen LogP contribution in [0.25, 0.3) is 0 Å². The van der Waals surface area contributed by atoms with Crippen LogP contribution in [-0.2, 0) is 25.0 Å². The summed E-state index contributed by atoms with van der Waals surface area (Å²) >= 11 is 3.79. The molecule has 1 unspecified atom stereocenters. The van der Waals surface area contributed by atoms with Crippen LogP contribution in [-0.4, -0.2) is 49.5 Å². The van der Waals surface area contributed by atoms with Crippen LogP contribution in [0.1, 0.15) is 12.8 Å². The second-order valence-electron chi connectivity index (χ2n) is 2.97. The summed E-state index contributed by atoms with van der Waals surface area (Å²) in [4.78, 5) is 0. The molecule has 16 heavy (non-hydrogen) atoms. The molecule has 0 radical (unpaired) electrons. The molecule has 0 heterocycles. The van der Waals surface area contributed by atoms with Gasteiger partial charge in [0.2, 0.25) is 0 Å². The predicted octanol–water partition coefficient (Wildman–Crippen LogP) is -0.185. The minimum atomic E-state index is -4.33. The second-order valence-corrected chi connectivity index (χ2v) is 6.54. The molecule has 0 bridgehead atoms. The quantitative estimate of drug-likeness (QED) is 0.323. The molecule has 0 saturated heterocycles. The molecule has 0 aliphatic heterocycles. The van der Waals surface area contributed by atoms with Gasteiger partial charge in [0.25, 0.3) is 20.2 Å². The summed E-state index contributed by atoms with van der Waals surface area (Å²) in [6, 6.07) is 0. The number of hydrogen-bond acceptors (Lipinski definition) is 6. The number of rotatable bonds is 8. The summed E-state index contributed by atoms with van der Waals surface area (Å²) in [6.45, 7) is -0.196. The molecule has 0 rings (SSSR count). The van der Waals surface area contributed by atoms with Crippen molar-refractivity contribution in [2.75, 3.05) is 18.1 Å². The first-order chi connectivity index (χ1) is 7.17. The van der Waals surface area contributed by atoms with E-state index in [1.165, 1.54) is 0 Å². The van der Waals surface area contributed by atoms with Gasteiger partial charge in [-0.05, 0) is 18.6 Å². The van der Waals surface area contributed by atoms with Crippen LogP contribution in [0.3, 0.4) is 0 Å². The third-order valence-electron chi connectivity index (χ3n) is 1.55. The Morgan fingerprint density at radius 3 is 2.12 bits per heavy atom. The Morgan fingerprint density at radius 1 is 1.19 bits per heavy atom. The van der Waals surface area contributed by atoms with Crippen molar-refractivity contribution in [3.8, 4) is 0 Å². The van der Waals surface area contributed by atoms with E-state index in [1.54, 1.807) is 0 Å². The van der Waals surface area contributed by atoms with Crippen LogP contribution in [0.2, 0.25) is 0 Å². The van der Waals surface area contributed by atoms with Crippen LogP contribution < -0.4 is 0 Å². The smallest absolute Gasteiger partial charge is 0.292 e. The average molecular weight is 294 g/mol. The first-order valence-corrected chi connectivity index (χ1v) is 8.05. The topological polar surface area (TPSA) is 118 Å². The second kappa shape index (κ2) is 6.77. The van der Waals surface area contributed by atoms with E-state index in [0.29, 0.717) is 0 Å². The third kappa shape index (κ3) is 8.30. The fourth-order valence-electron chi connectivity index (χ4n) is 0.880. The molecule has 0 aromatic heterocycles. The zero-order valence-corrected chi connectivity index (χ0v) is 10.8. The molecule has 98 valence electrons. The van der Waals surface area contributed by atoms with Gasteiger partial charge in [-0.2, -0.15) is 29.5 Å². The summed E-state index contributed by atoms with van der Waals surface area (Å²) in [7, 11) is -8.40. The van der Waals surface area contributed by atoms with E-state index in [-0.39, 0.29) is 25.2 Å². The number of hydrogen-bond donors (Lipinski definition) is 3. The highest BCUT2D eigenvalue weighted by atomic mass is 32.2. The van der Waals surface area contributed by atoms with Crippen molar-refractivity contribution in [3.63, 3.8) is 0 Å². The van der Waals surface area contributed by atoms with E-state index in [2.05, 4.69) is 12.6 Å². The van der Waals surface area contributed by atoms with Crippen molar-refractivity contribution in [1.82, 2.24) is 0 Å². The fourth-order valence-corrected chi connectivity index (χ4v) is 2.46. The summed E-state index contributed by atoms with van der Waals surface area (Å²) in [6.07, 6.45) is -0.0642. The number of thiol groups is 1. The Hall–Kier alpha value is 0.130. The molecule has 0 amide bonds. The van der Waals surface area contributed by atoms with Crippen LogP contribution in [0.4, 0.5) is 0 Å². The lowest BCUT2D eigenvalue weighted by Gasteiger charge is -2.13. The molecule has 0 aromatic rings. The highest BCUT2D eigenvalue weighted by Crippen LogP contribution is 2.08. The van der Waals surface area contributed by atoms with Crippen LogP contribution in [0.5, 0.6) is 0 Å². The van der Waals surface area contributed by atoms with Gasteiger partial charge in [-0.3, -0.25) is 9.11 Å². The van der Waals surface area contributed by atoms with Gasteiger partial charge in [-0.25, -0.2) is 0 Å². The standard InChI is InChI=1S/C6H14O7S3/c7-15(8,9)5-1-3-13-6(2-4-14)16(10,11)12/h6,14H,1-5H2,(H,7,8,9)(H,10,11,12). The van der Waals surface area contributed by atoms with E-state index in [4.69, 9.17) is 13.8 Å². The maximum Gasteiger partial charge on any atom is 0.292 e. The minimum absolute atomic E-state index is 0.00613. The monoisotopic (exact) mass is 294 g/mol. The SMILES string of the molecule is O=S(=O)(O)CCCOC(CCS)S(=O)(=O)O. The maximum atomic E-state index is 10.7. The Labute approximate surface area is 100 Å². The van der Waals surface area contributed by atoms with Crippen molar-refractivity contribution in [2.24, 2.45) is 0 Å². The lowest BCUT2D eigenvalue weighted by atomic mass is 10.5. The summed E-state index contributed by atoms with van der Waals surface area (Å²) < 4.78 is 64.0. The van der Waals surface area contributed by atoms with Crippen LogP contribution >= 0.6 is 12.6 Å². The van der Waals surface area contributed by atoms with E-state index in [0.717, 1.165) is 0 Å².